The normalized spacial score (nSPS) is 9.76. The first kappa shape index (κ1) is 14.3. The molecule has 0 heterocycles. The summed E-state index contributed by atoms with van der Waals surface area (Å²) in [4.78, 5) is 12.2. The minimum Gasteiger partial charge on any atom is -0.494 e. The summed E-state index contributed by atoms with van der Waals surface area (Å²) >= 11 is 0. The number of nitriles is 1. The van der Waals surface area contributed by atoms with E-state index in [-0.39, 0.29) is 22.6 Å². The molecule has 1 amide bonds. The Morgan fingerprint density at radius 3 is 2.76 bits per heavy atom. The van der Waals surface area contributed by atoms with E-state index < -0.39 is 11.7 Å². The molecule has 6 heteroatoms. The second-order valence-corrected chi connectivity index (χ2v) is 4.19. The van der Waals surface area contributed by atoms with Crippen LogP contribution in [0.5, 0.6) is 5.75 Å². The molecule has 2 aromatic rings. The molecule has 0 aliphatic heterocycles. The molecule has 5 nitrogen and oxygen atoms in total. The Labute approximate surface area is 120 Å². The minimum absolute atomic E-state index is 0.0246. The second kappa shape index (κ2) is 5.92. The summed E-state index contributed by atoms with van der Waals surface area (Å²) in [6, 6.07) is 10.3. The van der Waals surface area contributed by atoms with Gasteiger partial charge in [0.25, 0.3) is 5.91 Å². The molecule has 0 bridgehead atoms. The molecule has 0 unspecified atom stereocenters. The third-order valence-electron chi connectivity index (χ3n) is 2.84. The summed E-state index contributed by atoms with van der Waals surface area (Å²) in [6.07, 6.45) is 0. The van der Waals surface area contributed by atoms with Crippen LogP contribution in [0.15, 0.2) is 36.4 Å². The van der Waals surface area contributed by atoms with E-state index in [1.54, 1.807) is 12.1 Å². The number of halogens is 1. The topological polar surface area (TPSA) is 88.1 Å². The summed E-state index contributed by atoms with van der Waals surface area (Å²) < 4.78 is 18.8. The molecular weight excluding hydrogens is 273 g/mol. The molecule has 0 saturated heterocycles. The van der Waals surface area contributed by atoms with Crippen LogP contribution >= 0.6 is 0 Å². The van der Waals surface area contributed by atoms with Crippen LogP contribution in [-0.4, -0.2) is 13.0 Å². The van der Waals surface area contributed by atoms with Crippen molar-refractivity contribution in [1.82, 2.24) is 0 Å². The molecule has 2 rings (SSSR count). The first-order chi connectivity index (χ1) is 10.1. The van der Waals surface area contributed by atoms with Gasteiger partial charge < -0.3 is 15.8 Å². The molecule has 0 radical (unpaired) electrons. The second-order valence-electron chi connectivity index (χ2n) is 4.19. The summed E-state index contributed by atoms with van der Waals surface area (Å²) in [5.41, 5.74) is 6.37. The minimum atomic E-state index is -0.690. The molecule has 106 valence electrons. The van der Waals surface area contributed by atoms with E-state index in [4.69, 9.17) is 15.7 Å². The van der Waals surface area contributed by atoms with Crippen LogP contribution < -0.4 is 15.8 Å². The van der Waals surface area contributed by atoms with Crippen LogP contribution in [0.1, 0.15) is 15.9 Å². The van der Waals surface area contributed by atoms with Crippen LogP contribution in [0, 0.1) is 17.1 Å². The van der Waals surface area contributed by atoms with Gasteiger partial charge in [-0.25, -0.2) is 4.39 Å². The van der Waals surface area contributed by atoms with Gasteiger partial charge in [-0.15, -0.1) is 0 Å². The Balaban J connectivity index is 2.31. The Bertz CT molecular complexity index is 738. The maximum absolute atomic E-state index is 13.8. The number of methoxy groups -OCH3 is 1. The summed E-state index contributed by atoms with van der Waals surface area (Å²) in [7, 11) is 1.39. The number of rotatable bonds is 3. The van der Waals surface area contributed by atoms with Crippen molar-refractivity contribution in [2.45, 2.75) is 0 Å². The molecule has 0 aliphatic rings. The smallest absolute Gasteiger partial charge is 0.259 e. The number of benzene rings is 2. The molecule has 0 aromatic heterocycles. The molecule has 0 saturated carbocycles. The van der Waals surface area contributed by atoms with Crippen molar-refractivity contribution in [1.29, 1.82) is 5.26 Å². The summed E-state index contributed by atoms with van der Waals surface area (Å²) in [5.74, 6) is -1.02. The maximum Gasteiger partial charge on any atom is 0.259 e. The fourth-order valence-electron chi connectivity index (χ4n) is 1.84. The predicted molar refractivity (Wildman–Crippen MR) is 76.5 cm³/mol. The van der Waals surface area contributed by atoms with Crippen molar-refractivity contribution >= 4 is 17.3 Å². The van der Waals surface area contributed by atoms with Crippen molar-refractivity contribution < 1.29 is 13.9 Å². The summed E-state index contributed by atoms with van der Waals surface area (Å²) in [5, 5.41) is 11.1. The quantitative estimate of drug-likeness (QED) is 0.848. The lowest BCUT2D eigenvalue weighted by Gasteiger charge is -2.11. The van der Waals surface area contributed by atoms with Gasteiger partial charge in [-0.05, 0) is 30.3 Å². The Hall–Kier alpha value is -3.07. The molecule has 21 heavy (non-hydrogen) atoms. The number of amides is 1. The van der Waals surface area contributed by atoms with E-state index >= 15 is 0 Å². The van der Waals surface area contributed by atoms with Crippen LogP contribution in [0.4, 0.5) is 15.8 Å². The highest BCUT2D eigenvalue weighted by molar-refractivity contribution is 6.07. The molecule has 0 fully saturated rings. The van der Waals surface area contributed by atoms with E-state index in [2.05, 4.69) is 5.32 Å². The zero-order valence-corrected chi connectivity index (χ0v) is 11.2. The van der Waals surface area contributed by atoms with Crippen LogP contribution in [0.3, 0.4) is 0 Å². The lowest BCUT2D eigenvalue weighted by atomic mass is 10.1. The molecular formula is C15H12FN3O2. The zero-order valence-electron chi connectivity index (χ0n) is 11.2. The predicted octanol–water partition coefficient (Wildman–Crippen LogP) is 2.54. The van der Waals surface area contributed by atoms with Gasteiger partial charge in [0.05, 0.1) is 35.7 Å². The van der Waals surface area contributed by atoms with Crippen molar-refractivity contribution in [3.8, 4) is 11.8 Å². The number of hydrogen-bond donors (Lipinski definition) is 2. The van der Waals surface area contributed by atoms with Crippen molar-refractivity contribution in [3.63, 3.8) is 0 Å². The van der Waals surface area contributed by atoms with E-state index in [9.17, 15) is 9.18 Å². The van der Waals surface area contributed by atoms with Gasteiger partial charge >= 0.3 is 0 Å². The Morgan fingerprint density at radius 1 is 1.38 bits per heavy atom. The highest BCUT2D eigenvalue weighted by Gasteiger charge is 2.16. The number of nitrogens with two attached hydrogens (primary N) is 1. The summed E-state index contributed by atoms with van der Waals surface area (Å²) in [6.45, 7) is 0. The van der Waals surface area contributed by atoms with E-state index in [0.717, 1.165) is 6.07 Å². The van der Waals surface area contributed by atoms with E-state index in [1.165, 1.54) is 25.3 Å². The average molecular weight is 285 g/mol. The zero-order chi connectivity index (χ0) is 15.4. The first-order valence-electron chi connectivity index (χ1n) is 6.00. The molecule has 2 aromatic carbocycles. The van der Waals surface area contributed by atoms with Gasteiger partial charge in [-0.3, -0.25) is 4.79 Å². The van der Waals surface area contributed by atoms with Gasteiger partial charge in [-0.1, -0.05) is 6.07 Å². The number of ether oxygens (including phenoxy) is 1. The van der Waals surface area contributed by atoms with Crippen LogP contribution in [0.25, 0.3) is 0 Å². The first-order valence-corrected chi connectivity index (χ1v) is 6.00. The highest BCUT2D eigenvalue weighted by atomic mass is 19.1. The number of anilines is 2. The third-order valence-corrected chi connectivity index (χ3v) is 2.84. The lowest BCUT2D eigenvalue weighted by molar-refractivity contribution is 0.102. The fraction of sp³-hybridized carbons (Fsp3) is 0.0667. The monoisotopic (exact) mass is 285 g/mol. The average Bonchev–Trinajstić information content (AvgIpc) is 2.48. The molecule has 0 atom stereocenters. The Kier molecular flexibility index (Phi) is 4.05. The van der Waals surface area contributed by atoms with Crippen molar-refractivity contribution in [3.05, 3.63) is 53.3 Å². The Morgan fingerprint density at radius 2 is 2.14 bits per heavy atom. The highest BCUT2D eigenvalue weighted by Crippen LogP contribution is 2.27. The van der Waals surface area contributed by atoms with Gasteiger partial charge in [0, 0.05) is 0 Å². The van der Waals surface area contributed by atoms with Gasteiger partial charge in [0.1, 0.15) is 5.82 Å². The van der Waals surface area contributed by atoms with Crippen molar-refractivity contribution in [2.75, 3.05) is 18.2 Å². The number of nitrogen functional groups attached to an aromatic ring is 1. The number of carbonyl (C=O) groups excluding carboxylic acids is 1. The number of para-hydroxylation sites is 1. The number of nitrogens with one attached hydrogen (secondary N) is 1. The largest absolute Gasteiger partial charge is 0.494 e. The standard InChI is InChI=1S/C15H12FN3O2/c1-21-14-10(3-2-4-12(14)18)15(20)19-13-6-5-9(8-17)7-11(13)16/h2-7H,18H2,1H3,(H,19,20). The lowest BCUT2D eigenvalue weighted by Crippen LogP contribution is -2.15. The van der Waals surface area contributed by atoms with E-state index in [0.29, 0.717) is 5.69 Å². The molecule has 0 spiro atoms. The molecule has 3 N–H and O–H groups in total. The SMILES string of the molecule is COc1c(N)cccc1C(=O)Nc1ccc(C#N)cc1F. The number of carbonyl (C=O) groups is 1. The van der Waals surface area contributed by atoms with Gasteiger partial charge in [0.2, 0.25) is 0 Å². The number of hydrogen-bond acceptors (Lipinski definition) is 4. The fourth-order valence-corrected chi connectivity index (χ4v) is 1.84. The van der Waals surface area contributed by atoms with Crippen molar-refractivity contribution in [2.24, 2.45) is 0 Å². The van der Waals surface area contributed by atoms with Gasteiger partial charge in [-0.2, -0.15) is 5.26 Å². The molecule has 0 aliphatic carbocycles. The third kappa shape index (κ3) is 2.92. The van der Waals surface area contributed by atoms with Gasteiger partial charge in [0.15, 0.2) is 5.75 Å². The van der Waals surface area contributed by atoms with E-state index in [1.807, 2.05) is 6.07 Å². The maximum atomic E-state index is 13.8. The van der Waals surface area contributed by atoms with Crippen LogP contribution in [0.2, 0.25) is 0 Å². The number of nitrogens with zero attached hydrogens (tertiary/aromatic N) is 1. The van der Waals surface area contributed by atoms with Crippen LogP contribution in [-0.2, 0) is 0 Å².